The molecule has 3 heterocycles. The van der Waals surface area contributed by atoms with Crippen LogP contribution in [0.25, 0.3) is 0 Å². The van der Waals surface area contributed by atoms with Gasteiger partial charge in [0.05, 0.1) is 58.5 Å². The van der Waals surface area contributed by atoms with E-state index in [2.05, 4.69) is 6.58 Å². The van der Waals surface area contributed by atoms with E-state index in [-0.39, 0.29) is 58.1 Å². The quantitative estimate of drug-likeness (QED) is 0.0494. The summed E-state index contributed by atoms with van der Waals surface area (Å²) in [5, 5.41) is 0. The highest BCUT2D eigenvalue weighted by atomic mass is 19.3. The van der Waals surface area contributed by atoms with Gasteiger partial charge in [0.15, 0.2) is 18.1 Å². The van der Waals surface area contributed by atoms with Crippen LogP contribution in [0.1, 0.15) is 162 Å². The number of hydrogen-bond acceptors (Lipinski definition) is 25. The summed E-state index contributed by atoms with van der Waals surface area (Å²) < 4.78 is 111. The summed E-state index contributed by atoms with van der Waals surface area (Å²) in [4.78, 5) is 131. The molecule has 3 saturated heterocycles. The van der Waals surface area contributed by atoms with Crippen molar-refractivity contribution in [3.8, 4) is 0 Å². The standard InChI is InChI=1S/C28H41NO8.C27H39F2NO8.C27H39NO9/c1-9-15-34-23-19(2)35-24(30)22(18-33-17-21(23)16-20-13-11-10-12-14-20)29(25(31)36-27(3,4)5)26(32)37-28(6,7)8;1-17-22(35-16-21(28)29)19(13-18-11-9-8-10-12-18)14-34-15-20(23(31)36-17)30(24(32)37-26(2,3)4)25(33)38-27(5,6)7;1-18-22(34-14-13-29)20(15-19-11-9-8-10-12-19)16-33-17-21(23(30)35-18)28(24(31)36-26(2,3)4)25(32)37-27(5,6)7/h9-14,19,21-23H,1,15-18H2,2-8H3;8-12,17,19-22H,13-16H2,1-7H3;8-13,18,20-22H,14-17H2,1-7H3/t19-,21-,22-,23-;17-,19-,20-,22-;18-,20-,21-,22-/m000/s1. The highest BCUT2D eigenvalue weighted by Gasteiger charge is 2.48. The number of aldehydes is 1. The third-order valence-corrected chi connectivity index (χ3v) is 16.0. The predicted molar refractivity (Wildman–Crippen MR) is 406 cm³/mol. The van der Waals surface area contributed by atoms with E-state index < -0.39 is 168 Å². The van der Waals surface area contributed by atoms with Crippen molar-refractivity contribution in [3.63, 3.8) is 0 Å². The predicted octanol–water partition coefficient (Wildman–Crippen LogP) is 13.8. The van der Waals surface area contributed by atoms with Gasteiger partial charge in [-0.1, -0.05) is 97.1 Å². The SMILES string of the molecule is C=CCO[C@@H]1[C@@H](Cc2ccccc2)COC[C@H](N(C(=O)OC(C)(C)C)C(=O)OC(C)(C)C)C(=O)O[C@H]1C.C[C@@H]1OC(=O)[C@@H](N(C(=O)OC(C)(C)C)C(=O)OC(C)(C)C)COC[C@H](Cc2ccccc2)[C@H]1OCC(F)F.C[C@@H]1OC(=O)[C@@H](N(C(=O)OC(C)(C)C)C(=O)OC(C)(C)C)COC[C@H](Cc2ccccc2)[C@H]1OCC=O. The minimum Gasteiger partial charge on any atom is -0.458 e. The highest BCUT2D eigenvalue weighted by molar-refractivity contribution is 5.96. The minimum absolute atomic E-state index is 0.0171. The van der Waals surface area contributed by atoms with Gasteiger partial charge in [-0.2, -0.15) is 14.7 Å². The maximum Gasteiger partial charge on any atom is 0.420 e. The van der Waals surface area contributed by atoms with E-state index in [1.54, 1.807) is 145 Å². The maximum atomic E-state index is 13.4. The van der Waals surface area contributed by atoms with Crippen LogP contribution in [-0.2, 0) is 109 Å². The van der Waals surface area contributed by atoms with E-state index in [0.717, 1.165) is 16.7 Å². The summed E-state index contributed by atoms with van der Waals surface area (Å²) >= 11 is 0. The topological polar surface area (TPSA) is 319 Å². The lowest BCUT2D eigenvalue weighted by Crippen LogP contribution is -2.54. The van der Waals surface area contributed by atoms with Crippen molar-refractivity contribution < 1.29 is 128 Å². The van der Waals surface area contributed by atoms with Gasteiger partial charge < -0.3 is 75.8 Å². The largest absolute Gasteiger partial charge is 0.458 e. The Balaban J connectivity index is 0.000000354. The van der Waals surface area contributed by atoms with Gasteiger partial charge in [-0.25, -0.2) is 51.9 Å². The van der Waals surface area contributed by atoms with Crippen LogP contribution in [0.2, 0.25) is 0 Å². The van der Waals surface area contributed by atoms with Crippen LogP contribution in [0.5, 0.6) is 0 Å². The van der Waals surface area contributed by atoms with E-state index >= 15 is 0 Å². The van der Waals surface area contributed by atoms with E-state index in [0.29, 0.717) is 40.2 Å². The number of nitrogens with zero attached hydrogens (tertiary/aromatic N) is 3. The van der Waals surface area contributed by atoms with Crippen molar-refractivity contribution in [1.82, 2.24) is 14.7 Å². The zero-order valence-electron chi connectivity index (χ0n) is 68.8. The Bertz CT molecular complexity index is 3260. The Morgan fingerprint density at radius 3 is 0.848 bits per heavy atom. The monoisotopic (exact) mass is 1580 g/mol. The number of cyclic esters (lactones) is 3. The molecule has 0 unspecified atom stereocenters. The number of esters is 3. The van der Waals surface area contributed by atoms with E-state index in [1.165, 1.54) is 6.92 Å². The molecule has 0 saturated carbocycles. The number of amides is 6. The lowest BCUT2D eigenvalue weighted by molar-refractivity contribution is -0.166. The third kappa shape index (κ3) is 34.3. The normalized spacial score (nSPS) is 23.1. The maximum absolute atomic E-state index is 13.4. The van der Waals surface area contributed by atoms with Gasteiger partial charge in [-0.05, 0) is 181 Å². The summed E-state index contributed by atoms with van der Waals surface area (Å²) in [6.07, 6.45) is -10.0. The molecule has 30 heteroatoms. The Kier molecular flexibility index (Phi) is 37.2. The third-order valence-electron chi connectivity index (χ3n) is 16.0. The number of imide groups is 3. The number of ether oxygens (including phenoxy) is 15. The smallest absolute Gasteiger partial charge is 0.420 e. The van der Waals surface area contributed by atoms with Crippen molar-refractivity contribution in [2.45, 2.75) is 259 Å². The molecule has 6 amide bonds. The number of hydrogen-bond donors (Lipinski definition) is 0. The second-order valence-electron chi connectivity index (χ2n) is 33.2. The summed E-state index contributed by atoms with van der Waals surface area (Å²) in [5.41, 5.74) is -2.70. The number of carbonyl (C=O) groups excluding carboxylic acids is 10. The molecule has 6 rings (SSSR count). The fraction of sp³-hybridized carbons (Fsp3) is 0.634. The molecule has 12 atom stereocenters. The first-order chi connectivity index (χ1) is 52.0. The molecule has 3 aromatic rings. The fourth-order valence-corrected chi connectivity index (χ4v) is 11.6. The van der Waals surface area contributed by atoms with E-state index in [9.17, 15) is 56.7 Å². The highest BCUT2D eigenvalue weighted by Crippen LogP contribution is 2.31. The first kappa shape index (κ1) is 95.7. The lowest BCUT2D eigenvalue weighted by Gasteiger charge is -2.32. The van der Waals surface area contributed by atoms with Crippen molar-refractivity contribution in [3.05, 3.63) is 120 Å². The number of alkyl halides is 2. The van der Waals surface area contributed by atoms with Crippen LogP contribution in [0, 0.1) is 17.8 Å². The van der Waals surface area contributed by atoms with Gasteiger partial charge in [0, 0.05) is 17.8 Å². The molecule has 0 aromatic heterocycles. The number of rotatable bonds is 18. The molecule has 0 aliphatic carbocycles. The lowest BCUT2D eigenvalue weighted by atomic mass is 9.91. The number of halogens is 2. The molecule has 626 valence electrons. The molecule has 0 bridgehead atoms. The minimum atomic E-state index is -2.73. The molecule has 3 aliphatic rings. The fourth-order valence-electron chi connectivity index (χ4n) is 11.6. The van der Waals surface area contributed by atoms with Gasteiger partial charge in [-0.3, -0.25) is 0 Å². The zero-order valence-corrected chi connectivity index (χ0v) is 68.8. The Morgan fingerprint density at radius 2 is 0.634 bits per heavy atom. The van der Waals surface area contributed by atoms with Gasteiger partial charge >= 0.3 is 54.5 Å². The average Bonchev–Trinajstić information content (AvgIpc) is 1.53. The Morgan fingerprint density at radius 1 is 0.402 bits per heavy atom. The van der Waals surface area contributed by atoms with Crippen molar-refractivity contribution in [2.75, 3.05) is 59.5 Å². The Hall–Kier alpha value is -8.68. The first-order valence-corrected chi connectivity index (χ1v) is 37.4. The molecule has 0 N–H and O–H groups in total. The Labute approximate surface area is 657 Å². The van der Waals surface area contributed by atoms with Crippen LogP contribution in [0.4, 0.5) is 37.5 Å². The number of carbonyl (C=O) groups is 10. The number of benzene rings is 3. The van der Waals surface area contributed by atoms with Crippen molar-refractivity contribution >= 4 is 60.8 Å². The van der Waals surface area contributed by atoms with Crippen LogP contribution in [0.3, 0.4) is 0 Å². The summed E-state index contributed by atoms with van der Waals surface area (Å²) in [6, 6.07) is 24.3. The second kappa shape index (κ2) is 43.5. The summed E-state index contributed by atoms with van der Waals surface area (Å²) in [5.74, 6) is -3.64. The molecular weight excluding hydrogens is 1460 g/mol. The molecule has 112 heavy (non-hydrogen) atoms. The summed E-state index contributed by atoms with van der Waals surface area (Å²) in [6.45, 7) is 36.5. The van der Waals surface area contributed by atoms with Crippen molar-refractivity contribution in [2.24, 2.45) is 17.8 Å². The molecule has 3 aliphatic heterocycles. The summed E-state index contributed by atoms with van der Waals surface area (Å²) in [7, 11) is 0. The molecule has 0 spiro atoms. The first-order valence-electron chi connectivity index (χ1n) is 37.4. The average molecular weight is 1580 g/mol. The molecule has 28 nitrogen and oxygen atoms in total. The van der Waals surface area contributed by atoms with Gasteiger partial charge in [0.25, 0.3) is 6.43 Å². The van der Waals surface area contributed by atoms with Crippen molar-refractivity contribution in [1.29, 1.82) is 0 Å². The van der Waals surface area contributed by atoms with Crippen LogP contribution in [-0.4, -0.2) is 230 Å². The van der Waals surface area contributed by atoms with E-state index in [4.69, 9.17) is 71.1 Å². The molecule has 3 aromatic carbocycles. The molecule has 3 fully saturated rings. The molecule has 0 radical (unpaired) electrons. The van der Waals surface area contributed by atoms with Gasteiger partial charge in [0.2, 0.25) is 0 Å². The molecular formula is C82H119F2N3O25. The van der Waals surface area contributed by atoms with Gasteiger partial charge in [-0.15, -0.1) is 6.58 Å². The van der Waals surface area contributed by atoms with Gasteiger partial charge in [0.1, 0.15) is 77.5 Å². The van der Waals surface area contributed by atoms with Crippen LogP contribution >= 0.6 is 0 Å². The van der Waals surface area contributed by atoms with E-state index in [1.807, 2.05) is 91.0 Å². The zero-order chi connectivity index (χ0) is 84.3. The van der Waals surface area contributed by atoms with Crippen LogP contribution in [0.15, 0.2) is 104 Å². The second-order valence-corrected chi connectivity index (χ2v) is 33.2. The van der Waals surface area contributed by atoms with Crippen LogP contribution < -0.4 is 0 Å².